The van der Waals surface area contributed by atoms with Crippen LogP contribution in [0.3, 0.4) is 0 Å². The van der Waals surface area contributed by atoms with E-state index in [-0.39, 0.29) is 5.54 Å². The van der Waals surface area contributed by atoms with E-state index in [1.807, 2.05) is 33.8 Å². The molecule has 0 unspecified atom stereocenters. The SMILES string of the molecule is Cc1cc(C)c(C(C)(C)N)o1. The van der Waals surface area contributed by atoms with Crippen LogP contribution in [-0.4, -0.2) is 0 Å². The van der Waals surface area contributed by atoms with Gasteiger partial charge in [-0.15, -0.1) is 0 Å². The minimum absolute atomic E-state index is 0.363. The van der Waals surface area contributed by atoms with E-state index in [9.17, 15) is 0 Å². The molecule has 0 amide bonds. The predicted octanol–water partition coefficient (Wildman–Crippen LogP) is 2.09. The monoisotopic (exact) mass is 153 g/mol. The largest absolute Gasteiger partial charge is 0.464 e. The first-order valence-corrected chi connectivity index (χ1v) is 3.77. The van der Waals surface area contributed by atoms with Crippen LogP contribution in [0.15, 0.2) is 10.5 Å². The van der Waals surface area contributed by atoms with Crippen molar-refractivity contribution in [1.82, 2.24) is 0 Å². The predicted molar refractivity (Wildman–Crippen MR) is 45.4 cm³/mol. The van der Waals surface area contributed by atoms with Gasteiger partial charge in [0, 0.05) is 0 Å². The zero-order valence-electron chi connectivity index (χ0n) is 7.56. The third kappa shape index (κ3) is 1.63. The van der Waals surface area contributed by atoms with Crippen LogP contribution in [0.5, 0.6) is 0 Å². The highest BCUT2D eigenvalue weighted by Crippen LogP contribution is 2.23. The van der Waals surface area contributed by atoms with Gasteiger partial charge in [0.25, 0.3) is 0 Å². The van der Waals surface area contributed by atoms with Gasteiger partial charge >= 0.3 is 0 Å². The molecule has 2 N–H and O–H groups in total. The van der Waals surface area contributed by atoms with E-state index in [1.54, 1.807) is 0 Å². The van der Waals surface area contributed by atoms with Crippen molar-refractivity contribution in [2.75, 3.05) is 0 Å². The van der Waals surface area contributed by atoms with E-state index in [0.29, 0.717) is 0 Å². The molecule has 1 aromatic rings. The van der Waals surface area contributed by atoms with Crippen molar-refractivity contribution in [3.63, 3.8) is 0 Å². The zero-order valence-corrected chi connectivity index (χ0v) is 7.56. The molecule has 0 atom stereocenters. The Labute approximate surface area is 67.4 Å². The maximum atomic E-state index is 5.88. The minimum atomic E-state index is -0.363. The van der Waals surface area contributed by atoms with Gasteiger partial charge in [0.1, 0.15) is 11.5 Å². The van der Waals surface area contributed by atoms with Gasteiger partial charge in [-0.1, -0.05) is 0 Å². The molecule has 0 aliphatic carbocycles. The molecule has 2 heteroatoms. The fourth-order valence-electron chi connectivity index (χ4n) is 1.28. The Morgan fingerprint density at radius 3 is 2.09 bits per heavy atom. The first kappa shape index (κ1) is 8.34. The molecule has 1 aromatic heterocycles. The van der Waals surface area contributed by atoms with Crippen LogP contribution in [0.1, 0.15) is 30.9 Å². The third-order valence-corrected chi connectivity index (χ3v) is 1.63. The lowest BCUT2D eigenvalue weighted by Crippen LogP contribution is -2.28. The third-order valence-electron chi connectivity index (χ3n) is 1.63. The van der Waals surface area contributed by atoms with Crippen molar-refractivity contribution in [3.8, 4) is 0 Å². The average Bonchev–Trinajstić information content (AvgIpc) is 2.08. The molecule has 0 radical (unpaired) electrons. The normalized spacial score (nSPS) is 12.1. The van der Waals surface area contributed by atoms with E-state index >= 15 is 0 Å². The van der Waals surface area contributed by atoms with E-state index in [1.165, 1.54) is 0 Å². The second-order valence-corrected chi connectivity index (χ2v) is 3.59. The fraction of sp³-hybridized carbons (Fsp3) is 0.556. The summed E-state index contributed by atoms with van der Waals surface area (Å²) in [6.45, 7) is 7.83. The van der Waals surface area contributed by atoms with Crippen LogP contribution in [0, 0.1) is 13.8 Å². The molecule has 0 aliphatic rings. The van der Waals surface area contributed by atoms with Crippen LogP contribution in [0.4, 0.5) is 0 Å². The summed E-state index contributed by atoms with van der Waals surface area (Å²) in [5.74, 6) is 1.81. The number of hydrogen-bond donors (Lipinski definition) is 1. The number of rotatable bonds is 1. The van der Waals surface area contributed by atoms with Crippen molar-refractivity contribution in [1.29, 1.82) is 0 Å². The second kappa shape index (κ2) is 2.38. The van der Waals surface area contributed by atoms with E-state index < -0.39 is 0 Å². The first-order valence-electron chi connectivity index (χ1n) is 3.77. The van der Waals surface area contributed by atoms with Gasteiger partial charge in [-0.05, 0) is 39.3 Å². The first-order chi connectivity index (χ1) is 4.91. The lowest BCUT2D eigenvalue weighted by Gasteiger charge is -2.16. The Balaban J connectivity index is 3.13. The molecular formula is C9H15NO. The van der Waals surface area contributed by atoms with Crippen molar-refractivity contribution < 1.29 is 4.42 Å². The quantitative estimate of drug-likeness (QED) is 0.671. The van der Waals surface area contributed by atoms with E-state index in [0.717, 1.165) is 17.1 Å². The molecule has 62 valence electrons. The zero-order chi connectivity index (χ0) is 8.65. The highest BCUT2D eigenvalue weighted by molar-refractivity contribution is 5.24. The molecule has 0 saturated carbocycles. The van der Waals surface area contributed by atoms with E-state index in [2.05, 4.69) is 0 Å². The van der Waals surface area contributed by atoms with Gasteiger partial charge in [0.2, 0.25) is 0 Å². The lowest BCUT2D eigenvalue weighted by molar-refractivity contribution is 0.379. The van der Waals surface area contributed by atoms with Crippen molar-refractivity contribution in [3.05, 3.63) is 23.2 Å². The van der Waals surface area contributed by atoms with Gasteiger partial charge in [0.15, 0.2) is 0 Å². The lowest BCUT2D eigenvalue weighted by atomic mass is 10.0. The Morgan fingerprint density at radius 2 is 1.91 bits per heavy atom. The molecule has 0 fully saturated rings. The fourth-order valence-corrected chi connectivity index (χ4v) is 1.28. The Kier molecular flexibility index (Phi) is 1.80. The number of aryl methyl sites for hydroxylation is 2. The topological polar surface area (TPSA) is 39.2 Å². The highest BCUT2D eigenvalue weighted by Gasteiger charge is 2.20. The van der Waals surface area contributed by atoms with E-state index in [4.69, 9.17) is 10.2 Å². The maximum Gasteiger partial charge on any atom is 0.126 e. The minimum Gasteiger partial charge on any atom is -0.464 e. The second-order valence-electron chi connectivity index (χ2n) is 3.59. The maximum absolute atomic E-state index is 5.88. The van der Waals surface area contributed by atoms with Gasteiger partial charge in [-0.2, -0.15) is 0 Å². The number of nitrogens with two attached hydrogens (primary N) is 1. The van der Waals surface area contributed by atoms with Crippen LogP contribution in [0.2, 0.25) is 0 Å². The molecule has 1 rings (SSSR count). The Bertz CT molecular complexity index is 255. The van der Waals surface area contributed by atoms with Crippen molar-refractivity contribution in [2.24, 2.45) is 5.73 Å². The Hall–Kier alpha value is -0.760. The Morgan fingerprint density at radius 1 is 1.36 bits per heavy atom. The van der Waals surface area contributed by atoms with Gasteiger partial charge in [-0.3, -0.25) is 0 Å². The molecule has 0 aromatic carbocycles. The molecule has 2 nitrogen and oxygen atoms in total. The average molecular weight is 153 g/mol. The van der Waals surface area contributed by atoms with Crippen molar-refractivity contribution in [2.45, 2.75) is 33.2 Å². The van der Waals surface area contributed by atoms with Crippen LogP contribution < -0.4 is 5.73 Å². The summed E-state index contributed by atoms with van der Waals surface area (Å²) in [4.78, 5) is 0. The van der Waals surface area contributed by atoms with Crippen LogP contribution >= 0.6 is 0 Å². The standard InChI is InChI=1S/C9H15NO/c1-6-5-7(2)11-8(6)9(3,4)10/h5H,10H2,1-4H3. The summed E-state index contributed by atoms with van der Waals surface area (Å²) in [7, 11) is 0. The number of hydrogen-bond acceptors (Lipinski definition) is 2. The van der Waals surface area contributed by atoms with Gasteiger partial charge in [0.05, 0.1) is 5.54 Å². The number of furan rings is 1. The summed E-state index contributed by atoms with van der Waals surface area (Å²) in [6.07, 6.45) is 0. The summed E-state index contributed by atoms with van der Waals surface area (Å²) < 4.78 is 5.45. The molecular weight excluding hydrogens is 138 g/mol. The van der Waals surface area contributed by atoms with Crippen LogP contribution in [-0.2, 0) is 5.54 Å². The summed E-state index contributed by atoms with van der Waals surface area (Å²) in [6, 6.07) is 2.00. The molecule has 0 aliphatic heterocycles. The highest BCUT2D eigenvalue weighted by atomic mass is 16.3. The summed E-state index contributed by atoms with van der Waals surface area (Å²) in [5, 5.41) is 0. The smallest absolute Gasteiger partial charge is 0.126 e. The molecule has 0 spiro atoms. The van der Waals surface area contributed by atoms with Crippen LogP contribution in [0.25, 0.3) is 0 Å². The summed E-state index contributed by atoms with van der Waals surface area (Å²) >= 11 is 0. The summed E-state index contributed by atoms with van der Waals surface area (Å²) in [5.41, 5.74) is 6.65. The molecule has 1 heterocycles. The molecule has 11 heavy (non-hydrogen) atoms. The molecule has 0 bridgehead atoms. The molecule has 0 saturated heterocycles. The van der Waals surface area contributed by atoms with Gasteiger partial charge < -0.3 is 10.2 Å². The van der Waals surface area contributed by atoms with Gasteiger partial charge in [-0.25, -0.2) is 0 Å². The van der Waals surface area contributed by atoms with Crippen molar-refractivity contribution >= 4 is 0 Å².